The Morgan fingerprint density at radius 3 is 2.50 bits per heavy atom. The predicted octanol–water partition coefficient (Wildman–Crippen LogP) is 2.42. The number of benzene rings is 1. The van der Waals surface area contributed by atoms with Gasteiger partial charge < -0.3 is 9.47 Å². The zero-order chi connectivity index (χ0) is 15.6. The smallest absolute Gasteiger partial charge is 0.243 e. The highest BCUT2D eigenvalue weighted by Crippen LogP contribution is 2.26. The SMILES string of the molecule is CC1COCCN1S(=O)(=O)c1ccc(OC2CCCC2)cc1. The molecular formula is C16H23NO4S. The van der Waals surface area contributed by atoms with Gasteiger partial charge in [0.2, 0.25) is 10.0 Å². The first-order chi connectivity index (χ1) is 10.6. The Morgan fingerprint density at radius 1 is 1.18 bits per heavy atom. The third-order valence-electron chi connectivity index (χ3n) is 4.34. The average Bonchev–Trinajstić information content (AvgIpc) is 3.01. The molecule has 122 valence electrons. The van der Waals surface area contributed by atoms with E-state index in [1.807, 2.05) is 6.92 Å². The molecule has 1 unspecified atom stereocenters. The van der Waals surface area contributed by atoms with Crippen molar-refractivity contribution < 1.29 is 17.9 Å². The summed E-state index contributed by atoms with van der Waals surface area (Å²) in [5, 5.41) is 0. The van der Waals surface area contributed by atoms with Crippen LogP contribution in [0.3, 0.4) is 0 Å². The molecule has 22 heavy (non-hydrogen) atoms. The zero-order valence-electron chi connectivity index (χ0n) is 12.9. The molecule has 1 saturated carbocycles. The lowest BCUT2D eigenvalue weighted by atomic mass is 10.3. The molecule has 3 rings (SSSR count). The fraction of sp³-hybridized carbons (Fsp3) is 0.625. The van der Waals surface area contributed by atoms with Crippen molar-refractivity contribution in [1.29, 1.82) is 0 Å². The predicted molar refractivity (Wildman–Crippen MR) is 83.5 cm³/mol. The maximum Gasteiger partial charge on any atom is 0.243 e. The van der Waals surface area contributed by atoms with Crippen LogP contribution in [0.15, 0.2) is 29.2 Å². The van der Waals surface area contributed by atoms with Crippen LogP contribution in [-0.2, 0) is 14.8 Å². The van der Waals surface area contributed by atoms with Crippen molar-refractivity contribution in [2.75, 3.05) is 19.8 Å². The minimum atomic E-state index is -3.46. The third kappa shape index (κ3) is 3.29. The van der Waals surface area contributed by atoms with Crippen LogP contribution in [-0.4, -0.2) is 44.6 Å². The molecular weight excluding hydrogens is 302 g/mol. The molecule has 0 amide bonds. The summed E-state index contributed by atoms with van der Waals surface area (Å²) >= 11 is 0. The van der Waals surface area contributed by atoms with Gasteiger partial charge in [0.05, 0.1) is 24.2 Å². The Hall–Kier alpha value is -1.11. The van der Waals surface area contributed by atoms with Crippen molar-refractivity contribution >= 4 is 10.0 Å². The van der Waals surface area contributed by atoms with E-state index in [4.69, 9.17) is 9.47 Å². The Labute approximate surface area is 132 Å². The van der Waals surface area contributed by atoms with Gasteiger partial charge in [0.25, 0.3) is 0 Å². The van der Waals surface area contributed by atoms with Crippen molar-refractivity contribution in [3.8, 4) is 5.75 Å². The number of sulfonamides is 1. The maximum absolute atomic E-state index is 12.7. The summed E-state index contributed by atoms with van der Waals surface area (Å²) in [6, 6.07) is 6.67. The van der Waals surface area contributed by atoms with Gasteiger partial charge in [-0.1, -0.05) is 0 Å². The molecule has 5 nitrogen and oxygen atoms in total. The van der Waals surface area contributed by atoms with Gasteiger partial charge in [-0.15, -0.1) is 0 Å². The lowest BCUT2D eigenvalue weighted by Gasteiger charge is -2.32. The summed E-state index contributed by atoms with van der Waals surface area (Å²) in [5.74, 6) is 0.751. The van der Waals surface area contributed by atoms with E-state index in [2.05, 4.69) is 0 Å². The van der Waals surface area contributed by atoms with Crippen LogP contribution in [0.2, 0.25) is 0 Å². The zero-order valence-corrected chi connectivity index (χ0v) is 13.7. The molecule has 2 fully saturated rings. The van der Waals surface area contributed by atoms with Crippen LogP contribution < -0.4 is 4.74 Å². The summed E-state index contributed by atoms with van der Waals surface area (Å²) in [5.41, 5.74) is 0. The van der Waals surface area contributed by atoms with Crippen molar-refractivity contribution in [3.05, 3.63) is 24.3 Å². The van der Waals surface area contributed by atoms with Gasteiger partial charge in [0.1, 0.15) is 5.75 Å². The molecule has 1 aliphatic heterocycles. The van der Waals surface area contributed by atoms with Gasteiger partial charge in [0, 0.05) is 12.6 Å². The highest BCUT2D eigenvalue weighted by Gasteiger charge is 2.31. The Morgan fingerprint density at radius 2 is 1.86 bits per heavy atom. The number of hydrogen-bond acceptors (Lipinski definition) is 4. The van der Waals surface area contributed by atoms with Gasteiger partial charge in [-0.05, 0) is 56.9 Å². The molecule has 1 saturated heterocycles. The Kier molecular flexibility index (Phi) is 4.70. The van der Waals surface area contributed by atoms with Crippen LogP contribution in [0, 0.1) is 0 Å². The Bertz CT molecular complexity index is 593. The number of nitrogens with zero attached hydrogens (tertiary/aromatic N) is 1. The molecule has 0 spiro atoms. The summed E-state index contributed by atoms with van der Waals surface area (Å²) in [4.78, 5) is 0.319. The highest BCUT2D eigenvalue weighted by molar-refractivity contribution is 7.89. The van der Waals surface area contributed by atoms with E-state index < -0.39 is 10.0 Å². The van der Waals surface area contributed by atoms with Crippen LogP contribution >= 0.6 is 0 Å². The molecule has 2 aliphatic rings. The minimum absolute atomic E-state index is 0.131. The number of rotatable bonds is 4. The first-order valence-corrected chi connectivity index (χ1v) is 9.38. The quantitative estimate of drug-likeness (QED) is 0.853. The molecule has 1 aromatic carbocycles. The van der Waals surface area contributed by atoms with Crippen molar-refractivity contribution in [1.82, 2.24) is 4.31 Å². The molecule has 1 aliphatic carbocycles. The lowest BCUT2D eigenvalue weighted by molar-refractivity contribution is 0.0392. The van der Waals surface area contributed by atoms with Crippen LogP contribution in [0.1, 0.15) is 32.6 Å². The first kappa shape index (κ1) is 15.8. The van der Waals surface area contributed by atoms with E-state index in [-0.39, 0.29) is 12.1 Å². The second kappa shape index (κ2) is 6.56. The van der Waals surface area contributed by atoms with E-state index in [9.17, 15) is 8.42 Å². The second-order valence-electron chi connectivity index (χ2n) is 6.04. The second-order valence-corrected chi connectivity index (χ2v) is 7.93. The van der Waals surface area contributed by atoms with E-state index in [1.165, 1.54) is 17.1 Å². The largest absolute Gasteiger partial charge is 0.490 e. The van der Waals surface area contributed by atoms with Crippen molar-refractivity contribution in [2.24, 2.45) is 0 Å². The van der Waals surface area contributed by atoms with Gasteiger partial charge in [-0.2, -0.15) is 4.31 Å². The standard InChI is InChI=1S/C16H23NO4S/c1-13-12-20-11-10-17(13)22(18,19)16-8-6-15(7-9-16)21-14-4-2-3-5-14/h6-9,13-14H,2-5,10-12H2,1H3. The van der Waals surface area contributed by atoms with Crippen molar-refractivity contribution in [3.63, 3.8) is 0 Å². The minimum Gasteiger partial charge on any atom is -0.490 e. The lowest BCUT2D eigenvalue weighted by Crippen LogP contribution is -2.46. The van der Waals surface area contributed by atoms with Gasteiger partial charge >= 0.3 is 0 Å². The monoisotopic (exact) mass is 325 g/mol. The van der Waals surface area contributed by atoms with Crippen LogP contribution in [0.5, 0.6) is 5.75 Å². The molecule has 1 aromatic rings. The first-order valence-electron chi connectivity index (χ1n) is 7.94. The van der Waals surface area contributed by atoms with Crippen molar-refractivity contribution in [2.45, 2.75) is 49.6 Å². The molecule has 1 atom stereocenters. The van der Waals surface area contributed by atoms with Crippen LogP contribution in [0.4, 0.5) is 0 Å². The summed E-state index contributed by atoms with van der Waals surface area (Å²) in [6.07, 6.45) is 4.89. The molecule has 0 radical (unpaired) electrons. The van der Waals surface area contributed by atoms with Gasteiger partial charge in [-0.25, -0.2) is 8.42 Å². The maximum atomic E-state index is 12.7. The summed E-state index contributed by atoms with van der Waals surface area (Å²) in [6.45, 7) is 3.17. The van der Waals surface area contributed by atoms with E-state index in [0.717, 1.165) is 18.6 Å². The van der Waals surface area contributed by atoms with E-state index in [0.29, 0.717) is 24.7 Å². The summed E-state index contributed by atoms with van der Waals surface area (Å²) in [7, 11) is -3.46. The van der Waals surface area contributed by atoms with Gasteiger partial charge in [0.15, 0.2) is 0 Å². The molecule has 6 heteroatoms. The number of hydrogen-bond donors (Lipinski definition) is 0. The number of ether oxygens (including phenoxy) is 2. The fourth-order valence-corrected chi connectivity index (χ4v) is 4.69. The van der Waals surface area contributed by atoms with Crippen LogP contribution in [0.25, 0.3) is 0 Å². The highest BCUT2D eigenvalue weighted by atomic mass is 32.2. The molecule has 0 N–H and O–H groups in total. The normalized spacial score (nSPS) is 24.5. The van der Waals surface area contributed by atoms with Gasteiger partial charge in [-0.3, -0.25) is 0 Å². The molecule has 1 heterocycles. The average molecular weight is 325 g/mol. The molecule has 0 aromatic heterocycles. The Balaban J connectivity index is 1.73. The molecule has 0 bridgehead atoms. The van der Waals surface area contributed by atoms with E-state index >= 15 is 0 Å². The number of morpholine rings is 1. The topological polar surface area (TPSA) is 55.8 Å². The fourth-order valence-electron chi connectivity index (χ4n) is 3.09. The van der Waals surface area contributed by atoms with E-state index in [1.54, 1.807) is 24.3 Å². The third-order valence-corrected chi connectivity index (χ3v) is 6.37. The summed E-state index contributed by atoms with van der Waals surface area (Å²) < 4.78 is 38.1.